The van der Waals surface area contributed by atoms with Crippen LogP contribution in [0.2, 0.25) is 18.1 Å². The highest BCUT2D eigenvalue weighted by Gasteiger charge is 2.44. The monoisotopic (exact) mass is 484 g/mol. The van der Waals surface area contributed by atoms with Crippen molar-refractivity contribution in [1.29, 1.82) is 0 Å². The highest BCUT2D eigenvalue weighted by atomic mass is 28.4. The molecule has 3 N–H and O–H groups in total. The van der Waals surface area contributed by atoms with Crippen LogP contribution in [0.3, 0.4) is 0 Å². The van der Waals surface area contributed by atoms with Gasteiger partial charge in [0.05, 0.1) is 18.2 Å². The van der Waals surface area contributed by atoms with Crippen molar-refractivity contribution in [3.8, 4) is 0 Å². The third kappa shape index (κ3) is 5.30. The summed E-state index contributed by atoms with van der Waals surface area (Å²) in [6.07, 6.45) is 4.35. The molecule has 0 saturated heterocycles. The van der Waals surface area contributed by atoms with Gasteiger partial charge >= 0.3 is 0 Å². The lowest BCUT2D eigenvalue weighted by Crippen LogP contribution is -2.45. The van der Waals surface area contributed by atoms with Gasteiger partial charge in [-0.1, -0.05) is 45.0 Å². The summed E-state index contributed by atoms with van der Waals surface area (Å²) in [4.78, 5) is 8.93. The molecule has 2 aromatic rings. The minimum atomic E-state index is -1.91. The predicted molar refractivity (Wildman–Crippen MR) is 139 cm³/mol. The third-order valence-electron chi connectivity index (χ3n) is 7.92. The summed E-state index contributed by atoms with van der Waals surface area (Å²) in [5.74, 6) is 1.70. The Hall–Kier alpha value is -2.00. The van der Waals surface area contributed by atoms with Gasteiger partial charge in [0.15, 0.2) is 8.32 Å². The molecular formula is C26H40N4O3Si. The molecule has 4 rings (SSSR count). The van der Waals surface area contributed by atoms with Crippen molar-refractivity contribution in [2.45, 2.75) is 82.5 Å². The van der Waals surface area contributed by atoms with E-state index in [1.165, 1.54) is 11.1 Å². The van der Waals surface area contributed by atoms with E-state index in [9.17, 15) is 5.11 Å². The van der Waals surface area contributed by atoms with E-state index in [0.717, 1.165) is 30.9 Å². The van der Waals surface area contributed by atoms with E-state index in [0.29, 0.717) is 0 Å². The number of fused-ring (bicyclic) bond motifs is 1. The molecule has 0 unspecified atom stereocenters. The van der Waals surface area contributed by atoms with E-state index in [2.05, 4.69) is 78.7 Å². The SMILES string of the molecule is CO[C@@H]1Cc2ccccc2[C@@H]1Nc1cc(N[C@H]2C[C@H](CO)[C@@H](O[Si](C)(C)C(C)(C)C)C2)ncn1. The molecule has 1 saturated carbocycles. The van der Waals surface area contributed by atoms with E-state index in [4.69, 9.17) is 9.16 Å². The number of nitrogens with zero attached hydrogens (tertiary/aromatic N) is 2. The maximum atomic E-state index is 10.0. The van der Waals surface area contributed by atoms with Gasteiger partial charge in [-0.3, -0.25) is 0 Å². The van der Waals surface area contributed by atoms with Gasteiger partial charge in [-0.15, -0.1) is 0 Å². The summed E-state index contributed by atoms with van der Waals surface area (Å²) in [5, 5.41) is 17.3. The number of rotatable bonds is 8. The lowest BCUT2D eigenvalue weighted by Gasteiger charge is -2.39. The Bertz CT molecular complexity index is 981. The summed E-state index contributed by atoms with van der Waals surface area (Å²) in [6, 6.07) is 10.7. The molecule has 186 valence electrons. The summed E-state index contributed by atoms with van der Waals surface area (Å²) in [7, 11) is -0.143. The summed E-state index contributed by atoms with van der Waals surface area (Å²) in [6.45, 7) is 11.5. The number of aromatic nitrogens is 2. The van der Waals surface area contributed by atoms with Gasteiger partial charge in [0, 0.05) is 38.2 Å². The molecule has 2 aliphatic rings. The quantitative estimate of drug-likeness (QED) is 0.465. The van der Waals surface area contributed by atoms with Crippen LogP contribution < -0.4 is 10.6 Å². The summed E-state index contributed by atoms with van der Waals surface area (Å²) in [5.41, 5.74) is 2.57. The molecule has 8 heteroatoms. The molecule has 5 atom stereocenters. The molecule has 0 spiro atoms. The van der Waals surface area contributed by atoms with Crippen molar-refractivity contribution >= 4 is 20.0 Å². The maximum absolute atomic E-state index is 10.0. The Morgan fingerprint density at radius 2 is 1.76 bits per heavy atom. The topological polar surface area (TPSA) is 88.5 Å². The number of nitrogens with one attached hydrogen (secondary N) is 2. The number of hydrogen-bond acceptors (Lipinski definition) is 7. The summed E-state index contributed by atoms with van der Waals surface area (Å²) < 4.78 is 12.4. The number of methoxy groups -OCH3 is 1. The van der Waals surface area contributed by atoms with Crippen LogP contribution in [0.1, 0.15) is 50.8 Å². The van der Waals surface area contributed by atoms with Gasteiger partial charge < -0.3 is 24.9 Å². The van der Waals surface area contributed by atoms with Crippen molar-refractivity contribution in [1.82, 2.24) is 9.97 Å². The highest BCUT2D eigenvalue weighted by molar-refractivity contribution is 6.74. The fourth-order valence-corrected chi connectivity index (χ4v) is 6.33. The van der Waals surface area contributed by atoms with Crippen molar-refractivity contribution < 1.29 is 14.3 Å². The van der Waals surface area contributed by atoms with E-state index in [-0.39, 0.29) is 41.9 Å². The smallest absolute Gasteiger partial charge is 0.192 e. The van der Waals surface area contributed by atoms with Gasteiger partial charge in [-0.2, -0.15) is 0 Å². The standard InChI is InChI=1S/C26H40N4O3Si/c1-26(2,3)34(5,6)33-21-13-19(11-18(21)15-31)29-23-14-24(28-16-27-23)30-25-20-10-8-7-9-17(20)12-22(25)32-4/h7-10,14,16,18-19,21-22,25,31H,11-13,15H2,1-6H3,(H2,27,28,29,30)/t18-,19+,21+,22-,25+/m1/s1. The number of hydrogen-bond donors (Lipinski definition) is 3. The van der Waals surface area contributed by atoms with Gasteiger partial charge in [-0.05, 0) is 42.1 Å². The maximum Gasteiger partial charge on any atom is 0.192 e. The number of aliphatic hydroxyl groups excluding tert-OH is 1. The van der Waals surface area contributed by atoms with E-state index >= 15 is 0 Å². The lowest BCUT2D eigenvalue weighted by molar-refractivity contribution is 0.0959. The first kappa shape index (κ1) is 25.1. The highest BCUT2D eigenvalue weighted by Crippen LogP contribution is 2.41. The second kappa shape index (κ2) is 9.93. The molecule has 34 heavy (non-hydrogen) atoms. The largest absolute Gasteiger partial charge is 0.413 e. The van der Waals surface area contributed by atoms with Crippen LogP contribution in [0.4, 0.5) is 11.6 Å². The van der Waals surface area contributed by atoms with Gasteiger partial charge in [0.25, 0.3) is 0 Å². The first-order valence-corrected chi connectivity index (χ1v) is 15.3. The second-order valence-electron chi connectivity index (χ2n) is 11.3. The second-order valence-corrected chi connectivity index (χ2v) is 16.0. The number of benzene rings is 1. The molecule has 0 aliphatic heterocycles. The van der Waals surface area contributed by atoms with Crippen molar-refractivity contribution in [3.05, 3.63) is 47.8 Å². The lowest BCUT2D eigenvalue weighted by atomic mass is 10.1. The molecule has 0 amide bonds. The molecular weight excluding hydrogens is 444 g/mol. The first-order valence-electron chi connectivity index (χ1n) is 12.4. The van der Waals surface area contributed by atoms with Gasteiger partial charge in [-0.25, -0.2) is 9.97 Å². The number of ether oxygens (including phenoxy) is 1. The summed E-state index contributed by atoms with van der Waals surface area (Å²) >= 11 is 0. The van der Waals surface area contributed by atoms with Crippen LogP contribution in [0.15, 0.2) is 36.7 Å². The molecule has 0 radical (unpaired) electrons. The predicted octanol–water partition coefficient (Wildman–Crippen LogP) is 4.77. The average molecular weight is 485 g/mol. The Kier molecular flexibility index (Phi) is 7.33. The molecule has 7 nitrogen and oxygen atoms in total. The van der Waals surface area contributed by atoms with Gasteiger partial charge in [0.1, 0.15) is 18.0 Å². The zero-order valence-electron chi connectivity index (χ0n) is 21.3. The Morgan fingerprint density at radius 3 is 2.44 bits per heavy atom. The molecule has 0 bridgehead atoms. The average Bonchev–Trinajstić information content (AvgIpc) is 3.33. The zero-order chi connectivity index (χ0) is 24.5. The van der Waals surface area contributed by atoms with E-state index in [1.807, 2.05) is 6.07 Å². The van der Waals surface area contributed by atoms with E-state index < -0.39 is 8.32 Å². The van der Waals surface area contributed by atoms with Crippen LogP contribution in [-0.2, 0) is 15.6 Å². The first-order chi connectivity index (χ1) is 16.1. The molecule has 2 aliphatic carbocycles. The fourth-order valence-electron chi connectivity index (χ4n) is 4.93. The molecule has 1 aromatic carbocycles. The molecule has 1 heterocycles. The Balaban J connectivity index is 1.43. The van der Waals surface area contributed by atoms with Gasteiger partial charge in [0.2, 0.25) is 0 Å². The zero-order valence-corrected chi connectivity index (χ0v) is 22.3. The van der Waals surface area contributed by atoms with Crippen molar-refractivity contribution in [3.63, 3.8) is 0 Å². The van der Waals surface area contributed by atoms with Crippen LogP contribution in [0, 0.1) is 5.92 Å². The molecule has 1 fully saturated rings. The van der Waals surface area contributed by atoms with Crippen LogP contribution >= 0.6 is 0 Å². The van der Waals surface area contributed by atoms with E-state index in [1.54, 1.807) is 13.4 Å². The third-order valence-corrected chi connectivity index (χ3v) is 12.4. The molecule has 1 aromatic heterocycles. The van der Waals surface area contributed by atoms with Crippen LogP contribution in [0.5, 0.6) is 0 Å². The minimum absolute atomic E-state index is 0.0524. The Morgan fingerprint density at radius 1 is 1.06 bits per heavy atom. The number of aliphatic hydroxyl groups is 1. The van der Waals surface area contributed by atoms with Crippen molar-refractivity contribution in [2.75, 3.05) is 24.4 Å². The normalized spacial score (nSPS) is 27.0. The van der Waals surface area contributed by atoms with Crippen LogP contribution in [0.25, 0.3) is 0 Å². The fraction of sp³-hybridized carbons (Fsp3) is 0.615. The Labute approximate surface area is 204 Å². The minimum Gasteiger partial charge on any atom is -0.413 e. The van der Waals surface area contributed by atoms with Crippen LogP contribution in [-0.4, -0.2) is 55.4 Å². The number of anilines is 2. The van der Waals surface area contributed by atoms with Crippen molar-refractivity contribution in [2.24, 2.45) is 5.92 Å².